The van der Waals surface area contributed by atoms with Gasteiger partial charge in [0.2, 0.25) is 10.0 Å². The van der Waals surface area contributed by atoms with Crippen LogP contribution in [0, 0.1) is 0 Å². The second kappa shape index (κ2) is 8.89. The molecule has 0 saturated carbocycles. The second-order valence-electron chi connectivity index (χ2n) is 7.61. The van der Waals surface area contributed by atoms with Crippen molar-refractivity contribution < 1.29 is 13.2 Å². The lowest BCUT2D eigenvalue weighted by atomic mass is 10.2. The standard InChI is InChI=1S/C23H23N5O3S/c1-16(2)28-22-19(14-25-28)11-20(15-24-22)27-23(29)18-9-6-10-21(12-18)32(30,31)26-13-17-7-4-3-5-8-17/h3-12,14-16,26H,13H2,1-2H3,(H,27,29). The lowest BCUT2D eigenvalue weighted by Gasteiger charge is -2.10. The Labute approximate surface area is 186 Å². The van der Waals surface area contributed by atoms with E-state index in [1.54, 1.807) is 35.3 Å². The lowest BCUT2D eigenvalue weighted by Crippen LogP contribution is -2.23. The molecule has 0 radical (unpaired) electrons. The molecule has 2 aromatic carbocycles. The summed E-state index contributed by atoms with van der Waals surface area (Å²) in [5.74, 6) is -0.428. The molecule has 0 bridgehead atoms. The molecule has 9 heteroatoms. The highest BCUT2D eigenvalue weighted by Crippen LogP contribution is 2.20. The molecule has 2 aromatic heterocycles. The Morgan fingerprint density at radius 3 is 2.56 bits per heavy atom. The average molecular weight is 450 g/mol. The van der Waals surface area contributed by atoms with Crippen LogP contribution in [0.3, 0.4) is 0 Å². The maximum Gasteiger partial charge on any atom is 0.255 e. The Morgan fingerprint density at radius 2 is 1.81 bits per heavy atom. The molecule has 164 valence electrons. The van der Waals surface area contributed by atoms with E-state index in [4.69, 9.17) is 0 Å². The van der Waals surface area contributed by atoms with Gasteiger partial charge in [-0.25, -0.2) is 22.8 Å². The summed E-state index contributed by atoms with van der Waals surface area (Å²) in [4.78, 5) is 17.2. The van der Waals surface area contributed by atoms with E-state index in [0.717, 1.165) is 16.6 Å². The molecule has 0 spiro atoms. The van der Waals surface area contributed by atoms with E-state index >= 15 is 0 Å². The van der Waals surface area contributed by atoms with Crippen molar-refractivity contribution >= 4 is 32.7 Å². The van der Waals surface area contributed by atoms with Crippen molar-refractivity contribution in [1.29, 1.82) is 0 Å². The van der Waals surface area contributed by atoms with Gasteiger partial charge >= 0.3 is 0 Å². The first-order chi connectivity index (χ1) is 15.3. The topological polar surface area (TPSA) is 106 Å². The number of rotatable bonds is 7. The Kier molecular flexibility index (Phi) is 6.02. The van der Waals surface area contributed by atoms with Gasteiger partial charge in [-0.3, -0.25) is 4.79 Å². The zero-order valence-corrected chi connectivity index (χ0v) is 18.5. The zero-order valence-electron chi connectivity index (χ0n) is 17.7. The summed E-state index contributed by atoms with van der Waals surface area (Å²) in [6.07, 6.45) is 3.26. The van der Waals surface area contributed by atoms with Crippen molar-refractivity contribution in [2.75, 3.05) is 5.32 Å². The minimum absolute atomic E-state index is 0.0212. The number of nitrogens with zero attached hydrogens (tertiary/aromatic N) is 3. The van der Waals surface area contributed by atoms with Gasteiger partial charge in [-0.2, -0.15) is 5.10 Å². The molecule has 0 saturated heterocycles. The molecular formula is C23H23N5O3S. The minimum Gasteiger partial charge on any atom is -0.321 e. The van der Waals surface area contributed by atoms with Crippen molar-refractivity contribution in [2.24, 2.45) is 0 Å². The number of nitrogens with one attached hydrogen (secondary N) is 2. The molecule has 1 amide bonds. The summed E-state index contributed by atoms with van der Waals surface area (Å²) in [5.41, 5.74) is 2.30. The molecule has 2 N–H and O–H groups in total. The molecule has 2 heterocycles. The molecular weight excluding hydrogens is 426 g/mol. The quantitative estimate of drug-likeness (QED) is 0.447. The first-order valence-electron chi connectivity index (χ1n) is 10.1. The highest BCUT2D eigenvalue weighted by Gasteiger charge is 2.17. The number of amides is 1. The number of pyridine rings is 1. The minimum atomic E-state index is -3.77. The molecule has 4 rings (SSSR count). The Morgan fingerprint density at radius 1 is 1.03 bits per heavy atom. The van der Waals surface area contributed by atoms with Crippen LogP contribution in [0.1, 0.15) is 35.8 Å². The Balaban J connectivity index is 1.50. The highest BCUT2D eigenvalue weighted by atomic mass is 32.2. The number of sulfonamides is 1. The van der Waals surface area contributed by atoms with Gasteiger partial charge in [-0.15, -0.1) is 0 Å². The van der Waals surface area contributed by atoms with Crippen molar-refractivity contribution in [3.05, 3.63) is 84.2 Å². The van der Waals surface area contributed by atoms with Crippen LogP contribution in [0.15, 0.2) is 78.0 Å². The van der Waals surface area contributed by atoms with Crippen molar-refractivity contribution in [1.82, 2.24) is 19.5 Å². The third-order valence-corrected chi connectivity index (χ3v) is 6.29. The predicted octanol–water partition coefficient (Wildman–Crippen LogP) is 3.74. The van der Waals surface area contributed by atoms with Crippen molar-refractivity contribution in [3.63, 3.8) is 0 Å². The van der Waals surface area contributed by atoms with Gasteiger partial charge in [0.1, 0.15) is 0 Å². The number of fused-ring (bicyclic) bond motifs is 1. The fourth-order valence-corrected chi connectivity index (χ4v) is 4.31. The molecule has 4 aromatic rings. The first-order valence-corrected chi connectivity index (χ1v) is 11.6. The van der Waals surface area contributed by atoms with E-state index in [-0.39, 0.29) is 23.0 Å². The second-order valence-corrected chi connectivity index (χ2v) is 9.38. The van der Waals surface area contributed by atoms with Gasteiger partial charge in [0.25, 0.3) is 5.91 Å². The fraction of sp³-hybridized carbons (Fsp3) is 0.174. The van der Waals surface area contributed by atoms with E-state index in [2.05, 4.69) is 20.1 Å². The number of aromatic nitrogens is 3. The normalized spacial score (nSPS) is 11.7. The van der Waals surface area contributed by atoms with Gasteiger partial charge in [0, 0.05) is 23.5 Å². The molecule has 8 nitrogen and oxygen atoms in total. The van der Waals surface area contributed by atoms with Crippen LogP contribution < -0.4 is 10.0 Å². The van der Waals surface area contributed by atoms with E-state index in [1.165, 1.54) is 12.1 Å². The smallest absolute Gasteiger partial charge is 0.255 e. The summed E-state index contributed by atoms with van der Waals surface area (Å²) in [7, 11) is -3.77. The molecule has 32 heavy (non-hydrogen) atoms. The first kappa shape index (κ1) is 21.7. The SMILES string of the molecule is CC(C)n1ncc2cc(NC(=O)c3cccc(S(=O)(=O)NCc4ccccc4)c3)cnc21. The van der Waals surface area contributed by atoms with E-state index in [0.29, 0.717) is 5.69 Å². The summed E-state index contributed by atoms with van der Waals surface area (Å²) >= 11 is 0. The molecule has 0 aliphatic carbocycles. The maximum atomic E-state index is 12.7. The van der Waals surface area contributed by atoms with Crippen LogP contribution in [0.4, 0.5) is 5.69 Å². The average Bonchev–Trinajstić information content (AvgIpc) is 3.22. The van der Waals surface area contributed by atoms with Gasteiger partial charge in [-0.1, -0.05) is 36.4 Å². The van der Waals surface area contributed by atoms with Gasteiger partial charge in [-0.05, 0) is 43.7 Å². The molecule has 0 unspecified atom stereocenters. The third kappa shape index (κ3) is 4.68. The number of anilines is 1. The molecule has 0 aliphatic rings. The van der Waals surface area contributed by atoms with Gasteiger partial charge in [0.15, 0.2) is 5.65 Å². The Bertz CT molecular complexity index is 1360. The number of hydrogen-bond donors (Lipinski definition) is 2. The molecule has 0 atom stereocenters. The largest absolute Gasteiger partial charge is 0.321 e. The van der Waals surface area contributed by atoms with Crippen molar-refractivity contribution in [2.45, 2.75) is 31.3 Å². The summed E-state index contributed by atoms with van der Waals surface area (Å²) in [6.45, 7) is 4.19. The van der Waals surface area contributed by atoms with E-state index < -0.39 is 15.9 Å². The summed E-state index contributed by atoms with van der Waals surface area (Å²) < 4.78 is 29.7. The summed E-state index contributed by atoms with van der Waals surface area (Å²) in [6, 6.07) is 17.1. The van der Waals surface area contributed by atoms with Crippen LogP contribution in [-0.4, -0.2) is 29.1 Å². The van der Waals surface area contributed by atoms with E-state index in [1.807, 2.05) is 44.2 Å². The molecule has 0 aliphatic heterocycles. The third-order valence-electron chi connectivity index (χ3n) is 4.90. The monoisotopic (exact) mass is 449 g/mol. The van der Waals surface area contributed by atoms with Crippen LogP contribution in [0.5, 0.6) is 0 Å². The highest BCUT2D eigenvalue weighted by molar-refractivity contribution is 7.89. The maximum absolute atomic E-state index is 12.7. The zero-order chi connectivity index (χ0) is 22.7. The summed E-state index contributed by atoms with van der Waals surface area (Å²) in [5, 5.41) is 7.89. The lowest BCUT2D eigenvalue weighted by molar-refractivity contribution is 0.102. The van der Waals surface area contributed by atoms with Gasteiger partial charge in [0.05, 0.1) is 23.0 Å². The van der Waals surface area contributed by atoms with Crippen LogP contribution in [0.2, 0.25) is 0 Å². The van der Waals surface area contributed by atoms with Gasteiger partial charge < -0.3 is 5.32 Å². The number of hydrogen-bond acceptors (Lipinski definition) is 5. The molecule has 0 fully saturated rings. The van der Waals surface area contributed by atoms with Crippen LogP contribution in [-0.2, 0) is 16.6 Å². The van der Waals surface area contributed by atoms with Crippen molar-refractivity contribution in [3.8, 4) is 0 Å². The van der Waals surface area contributed by atoms with Crippen LogP contribution >= 0.6 is 0 Å². The fourth-order valence-electron chi connectivity index (χ4n) is 3.25. The number of carbonyl (C=O) groups is 1. The van der Waals surface area contributed by atoms with Crippen LogP contribution in [0.25, 0.3) is 11.0 Å². The predicted molar refractivity (Wildman–Crippen MR) is 123 cm³/mol. The number of benzene rings is 2. The van der Waals surface area contributed by atoms with E-state index in [9.17, 15) is 13.2 Å². The number of carbonyl (C=O) groups excluding carboxylic acids is 1. The Hall–Kier alpha value is -3.56.